The second-order valence-corrected chi connectivity index (χ2v) is 7.50. The van der Waals surface area contributed by atoms with Gasteiger partial charge in [0.05, 0.1) is 23.3 Å². The number of hydrogen-bond donors (Lipinski definition) is 1. The second-order valence-electron chi connectivity index (χ2n) is 6.65. The molecule has 0 bridgehead atoms. The molecule has 1 N–H and O–H groups in total. The van der Waals surface area contributed by atoms with Gasteiger partial charge in [-0.05, 0) is 48.9 Å². The average molecular weight is 446 g/mol. The molecule has 0 radical (unpaired) electrons. The number of anilines is 1. The fourth-order valence-corrected chi connectivity index (χ4v) is 3.44. The van der Waals surface area contributed by atoms with Crippen LogP contribution < -0.4 is 10.1 Å². The molecule has 6 nitrogen and oxygen atoms in total. The van der Waals surface area contributed by atoms with Crippen LogP contribution in [0.5, 0.6) is 5.75 Å². The van der Waals surface area contributed by atoms with E-state index in [0.717, 1.165) is 5.39 Å². The van der Waals surface area contributed by atoms with Crippen molar-refractivity contribution in [2.24, 2.45) is 0 Å². The highest BCUT2D eigenvalue weighted by Crippen LogP contribution is 2.25. The molecule has 30 heavy (non-hydrogen) atoms. The number of aromatic nitrogens is 1. The van der Waals surface area contributed by atoms with E-state index in [2.05, 4.69) is 10.3 Å². The zero-order chi connectivity index (χ0) is 21.7. The summed E-state index contributed by atoms with van der Waals surface area (Å²) in [5.74, 6) is 0.0481. The number of nitrogens with one attached hydrogen (secondary N) is 1. The summed E-state index contributed by atoms with van der Waals surface area (Å²) >= 11 is 12.0. The third-order valence-corrected chi connectivity index (χ3v) is 4.98. The molecule has 2 aromatic carbocycles. The summed E-state index contributed by atoms with van der Waals surface area (Å²) in [6.45, 7) is 2.24. The Balaban J connectivity index is 1.76. The lowest BCUT2D eigenvalue weighted by Crippen LogP contribution is -2.39. The summed E-state index contributed by atoms with van der Waals surface area (Å²) < 4.78 is 5.21. The minimum atomic E-state index is -0.355. The number of fused-ring (bicyclic) bond motifs is 1. The van der Waals surface area contributed by atoms with E-state index >= 15 is 0 Å². The minimum Gasteiger partial charge on any atom is -0.497 e. The van der Waals surface area contributed by atoms with Crippen molar-refractivity contribution in [2.45, 2.75) is 13.3 Å². The van der Waals surface area contributed by atoms with Crippen molar-refractivity contribution < 1.29 is 14.3 Å². The van der Waals surface area contributed by atoms with E-state index in [1.54, 1.807) is 43.5 Å². The van der Waals surface area contributed by atoms with E-state index in [-0.39, 0.29) is 24.1 Å². The number of rotatable bonds is 7. The van der Waals surface area contributed by atoms with Gasteiger partial charge in [-0.25, -0.2) is 4.98 Å². The molecule has 0 saturated carbocycles. The molecule has 0 aliphatic rings. The first-order chi connectivity index (χ1) is 14.4. The minimum absolute atomic E-state index is 0.117. The Morgan fingerprint density at radius 3 is 2.60 bits per heavy atom. The molecule has 0 unspecified atom stereocenters. The SMILES string of the molecule is CCCN(CC(=O)Nc1ccc(Cl)cc1Cl)C(=O)c1ccc2cc(OC)ccc2n1. The van der Waals surface area contributed by atoms with Gasteiger partial charge >= 0.3 is 0 Å². The maximum absolute atomic E-state index is 13.0. The van der Waals surface area contributed by atoms with Crippen molar-refractivity contribution in [3.63, 3.8) is 0 Å². The number of hydrogen-bond acceptors (Lipinski definition) is 4. The van der Waals surface area contributed by atoms with Crippen LogP contribution in [0.2, 0.25) is 10.0 Å². The number of carbonyl (C=O) groups is 2. The number of pyridine rings is 1. The van der Waals surface area contributed by atoms with Gasteiger partial charge in [0.25, 0.3) is 5.91 Å². The number of methoxy groups -OCH3 is 1. The normalized spacial score (nSPS) is 10.7. The van der Waals surface area contributed by atoms with Crippen LogP contribution in [0.25, 0.3) is 10.9 Å². The molecule has 2 amide bonds. The molecule has 0 aliphatic heterocycles. The fourth-order valence-electron chi connectivity index (χ4n) is 2.99. The predicted molar refractivity (Wildman–Crippen MR) is 120 cm³/mol. The van der Waals surface area contributed by atoms with Gasteiger partial charge in [-0.2, -0.15) is 0 Å². The topological polar surface area (TPSA) is 71.5 Å². The molecular formula is C22H21Cl2N3O3. The van der Waals surface area contributed by atoms with E-state index < -0.39 is 0 Å². The Bertz CT molecular complexity index is 1090. The van der Waals surface area contributed by atoms with Gasteiger partial charge in [0.2, 0.25) is 5.91 Å². The third-order valence-electron chi connectivity index (χ3n) is 4.44. The van der Waals surface area contributed by atoms with Crippen LogP contribution in [-0.2, 0) is 4.79 Å². The highest BCUT2D eigenvalue weighted by Gasteiger charge is 2.20. The zero-order valence-corrected chi connectivity index (χ0v) is 18.1. The predicted octanol–water partition coefficient (Wildman–Crippen LogP) is 5.04. The van der Waals surface area contributed by atoms with Crippen molar-refractivity contribution in [3.05, 3.63) is 64.3 Å². The van der Waals surface area contributed by atoms with Gasteiger partial charge in [0, 0.05) is 17.0 Å². The molecule has 3 rings (SSSR count). The molecule has 0 atom stereocenters. The van der Waals surface area contributed by atoms with Crippen molar-refractivity contribution in [2.75, 3.05) is 25.5 Å². The summed E-state index contributed by atoms with van der Waals surface area (Å²) in [5, 5.41) is 4.38. The molecule has 8 heteroatoms. The van der Waals surface area contributed by atoms with Crippen molar-refractivity contribution in [1.29, 1.82) is 0 Å². The van der Waals surface area contributed by atoms with Gasteiger partial charge in [-0.3, -0.25) is 9.59 Å². The number of ether oxygens (including phenoxy) is 1. The summed E-state index contributed by atoms with van der Waals surface area (Å²) in [5.41, 5.74) is 1.39. The van der Waals surface area contributed by atoms with Crippen molar-refractivity contribution >= 4 is 51.6 Å². The highest BCUT2D eigenvalue weighted by molar-refractivity contribution is 6.36. The van der Waals surface area contributed by atoms with Crippen LogP contribution in [0.15, 0.2) is 48.5 Å². The molecule has 156 valence electrons. The Morgan fingerprint density at radius 2 is 1.90 bits per heavy atom. The average Bonchev–Trinajstić information content (AvgIpc) is 2.74. The van der Waals surface area contributed by atoms with Crippen LogP contribution in [-0.4, -0.2) is 41.9 Å². The summed E-state index contributed by atoms with van der Waals surface area (Å²) in [7, 11) is 1.59. The lowest BCUT2D eigenvalue weighted by molar-refractivity contribution is -0.116. The smallest absolute Gasteiger partial charge is 0.272 e. The van der Waals surface area contributed by atoms with E-state index in [0.29, 0.717) is 40.0 Å². The molecule has 3 aromatic rings. The lowest BCUT2D eigenvalue weighted by atomic mass is 10.2. The molecule has 0 spiro atoms. The van der Waals surface area contributed by atoms with E-state index in [9.17, 15) is 9.59 Å². The van der Waals surface area contributed by atoms with Gasteiger partial charge in [0.1, 0.15) is 18.0 Å². The van der Waals surface area contributed by atoms with Crippen LogP contribution in [0, 0.1) is 0 Å². The van der Waals surface area contributed by atoms with E-state index in [1.165, 1.54) is 4.90 Å². The van der Waals surface area contributed by atoms with Crippen LogP contribution >= 0.6 is 23.2 Å². The van der Waals surface area contributed by atoms with Crippen molar-refractivity contribution in [3.8, 4) is 5.75 Å². The van der Waals surface area contributed by atoms with E-state index in [1.807, 2.05) is 19.1 Å². The van der Waals surface area contributed by atoms with Crippen molar-refractivity contribution in [1.82, 2.24) is 9.88 Å². The van der Waals surface area contributed by atoms with Gasteiger partial charge in [-0.15, -0.1) is 0 Å². The van der Waals surface area contributed by atoms with Crippen LogP contribution in [0.4, 0.5) is 5.69 Å². The Labute approximate surface area is 184 Å². The number of carbonyl (C=O) groups excluding carboxylic acids is 2. The number of halogens is 2. The number of benzene rings is 2. The molecule has 0 fully saturated rings. The molecule has 0 aliphatic carbocycles. The summed E-state index contributed by atoms with van der Waals surface area (Å²) in [6.07, 6.45) is 0.700. The standard InChI is InChI=1S/C22H21Cl2N3O3/c1-3-10-27(13-21(28)26-19-8-5-15(23)12-17(19)24)22(29)20-7-4-14-11-16(30-2)6-9-18(14)25-20/h4-9,11-12H,3,10,13H2,1-2H3,(H,26,28). The van der Waals surface area contributed by atoms with Crippen LogP contribution in [0.3, 0.4) is 0 Å². The molecule has 1 heterocycles. The molecular weight excluding hydrogens is 425 g/mol. The first kappa shape index (κ1) is 21.9. The maximum Gasteiger partial charge on any atom is 0.272 e. The second kappa shape index (κ2) is 9.78. The number of nitrogens with zero attached hydrogens (tertiary/aromatic N) is 2. The van der Waals surface area contributed by atoms with Crippen LogP contribution in [0.1, 0.15) is 23.8 Å². The van der Waals surface area contributed by atoms with Gasteiger partial charge < -0.3 is 15.0 Å². The van der Waals surface area contributed by atoms with Gasteiger partial charge in [-0.1, -0.05) is 36.2 Å². The first-order valence-electron chi connectivity index (χ1n) is 9.40. The van der Waals surface area contributed by atoms with Gasteiger partial charge in [0.15, 0.2) is 0 Å². The Morgan fingerprint density at radius 1 is 1.10 bits per heavy atom. The number of amides is 2. The third kappa shape index (κ3) is 5.20. The first-order valence-corrected chi connectivity index (χ1v) is 10.2. The molecule has 0 saturated heterocycles. The monoisotopic (exact) mass is 445 g/mol. The summed E-state index contributed by atoms with van der Waals surface area (Å²) in [4.78, 5) is 31.5. The maximum atomic E-state index is 13.0. The zero-order valence-electron chi connectivity index (χ0n) is 16.6. The largest absolute Gasteiger partial charge is 0.497 e. The Kier molecular flexibility index (Phi) is 7.13. The lowest BCUT2D eigenvalue weighted by Gasteiger charge is -2.21. The highest BCUT2D eigenvalue weighted by atomic mass is 35.5. The molecule has 1 aromatic heterocycles. The Hall–Kier alpha value is -2.83. The fraction of sp³-hybridized carbons (Fsp3) is 0.227. The quantitative estimate of drug-likeness (QED) is 0.552. The summed E-state index contributed by atoms with van der Waals surface area (Å²) in [6, 6.07) is 13.7. The van der Waals surface area contributed by atoms with E-state index in [4.69, 9.17) is 27.9 Å².